The highest BCUT2D eigenvalue weighted by molar-refractivity contribution is 7.26. The van der Waals surface area contributed by atoms with Gasteiger partial charge in [0.25, 0.3) is 0 Å². The summed E-state index contributed by atoms with van der Waals surface area (Å²) >= 11 is 1.79. The monoisotopic (exact) mass is 290 g/mol. The van der Waals surface area contributed by atoms with Gasteiger partial charge in [0.05, 0.1) is 16.1 Å². The molecule has 0 bridgehead atoms. The lowest BCUT2D eigenvalue weighted by atomic mass is 10.1. The smallest absolute Gasteiger partial charge is 0.0753 e. The van der Waals surface area contributed by atoms with E-state index in [-0.39, 0.29) is 0 Å². The largest absolute Gasteiger partial charge is 0.278 e. The van der Waals surface area contributed by atoms with Gasteiger partial charge in [-0.25, -0.2) is 5.84 Å². The van der Waals surface area contributed by atoms with E-state index in [1.165, 1.54) is 20.2 Å². The van der Waals surface area contributed by atoms with Crippen molar-refractivity contribution in [1.29, 1.82) is 0 Å². The lowest BCUT2D eigenvalue weighted by Crippen LogP contribution is -2.24. The molecule has 1 heterocycles. The summed E-state index contributed by atoms with van der Waals surface area (Å²) in [5.74, 6) is 6.34. The lowest BCUT2D eigenvalue weighted by molar-refractivity contribution is 1.10. The van der Waals surface area contributed by atoms with Crippen molar-refractivity contribution < 1.29 is 0 Å². The number of fused-ring (bicyclic) bond motifs is 3. The van der Waals surface area contributed by atoms with Crippen LogP contribution in [0.1, 0.15) is 0 Å². The third-order valence-corrected chi connectivity index (χ3v) is 4.89. The second-order valence-corrected chi connectivity index (χ2v) is 6.01. The van der Waals surface area contributed by atoms with E-state index in [1.807, 2.05) is 30.3 Å². The standard InChI is InChI=1S/C18H14N2S/c19-20(13-7-2-1-3-8-13)16-11-6-10-15-14-9-4-5-12-17(14)21-18(15)16/h1-12H,19H2. The Morgan fingerprint density at radius 3 is 2.29 bits per heavy atom. The van der Waals surface area contributed by atoms with Crippen molar-refractivity contribution in [3.8, 4) is 0 Å². The Balaban J connectivity index is 1.97. The van der Waals surface area contributed by atoms with Crippen molar-refractivity contribution in [3.05, 3.63) is 72.8 Å². The van der Waals surface area contributed by atoms with Gasteiger partial charge < -0.3 is 0 Å². The number of anilines is 2. The highest BCUT2D eigenvalue weighted by Crippen LogP contribution is 2.40. The number of nitrogens with two attached hydrogens (primary N) is 1. The summed E-state index contributed by atoms with van der Waals surface area (Å²) in [6, 6.07) is 24.8. The minimum atomic E-state index is 0.988. The number of para-hydroxylation sites is 1. The number of rotatable bonds is 2. The Labute approximate surface area is 127 Å². The van der Waals surface area contributed by atoms with Crippen LogP contribution in [0, 0.1) is 0 Å². The molecular formula is C18H14N2S. The van der Waals surface area contributed by atoms with Crippen molar-refractivity contribution in [3.63, 3.8) is 0 Å². The fraction of sp³-hybridized carbons (Fsp3) is 0. The van der Waals surface area contributed by atoms with Gasteiger partial charge in [-0.05, 0) is 24.3 Å². The molecule has 0 fully saturated rings. The maximum absolute atomic E-state index is 6.34. The van der Waals surface area contributed by atoms with E-state index in [0.29, 0.717) is 0 Å². The van der Waals surface area contributed by atoms with E-state index < -0.39 is 0 Å². The number of hydrazine groups is 1. The second-order valence-electron chi connectivity index (χ2n) is 4.96. The van der Waals surface area contributed by atoms with Crippen LogP contribution in [0.5, 0.6) is 0 Å². The molecular weight excluding hydrogens is 276 g/mol. The van der Waals surface area contributed by atoms with Crippen LogP contribution in [-0.2, 0) is 0 Å². The molecule has 0 aliphatic carbocycles. The Morgan fingerprint density at radius 1 is 0.714 bits per heavy atom. The summed E-state index contributed by atoms with van der Waals surface area (Å²) in [6.07, 6.45) is 0. The van der Waals surface area contributed by atoms with E-state index in [1.54, 1.807) is 16.3 Å². The van der Waals surface area contributed by atoms with E-state index in [4.69, 9.17) is 5.84 Å². The Bertz CT molecular complexity index is 912. The molecule has 102 valence electrons. The molecule has 0 aliphatic rings. The Kier molecular flexibility index (Phi) is 2.88. The third-order valence-electron chi connectivity index (χ3n) is 3.68. The van der Waals surface area contributed by atoms with Crippen molar-refractivity contribution in [2.75, 3.05) is 5.01 Å². The first kappa shape index (κ1) is 12.4. The minimum absolute atomic E-state index is 0.988. The SMILES string of the molecule is NN(c1ccccc1)c1cccc2c1sc1ccccc12. The highest BCUT2D eigenvalue weighted by atomic mass is 32.1. The number of hydrogen-bond acceptors (Lipinski definition) is 3. The molecule has 3 heteroatoms. The van der Waals surface area contributed by atoms with E-state index in [2.05, 4.69) is 42.5 Å². The van der Waals surface area contributed by atoms with Gasteiger partial charge in [-0.1, -0.05) is 48.5 Å². The van der Waals surface area contributed by atoms with E-state index in [9.17, 15) is 0 Å². The van der Waals surface area contributed by atoms with Crippen LogP contribution in [0.15, 0.2) is 72.8 Å². The van der Waals surface area contributed by atoms with Crippen molar-refractivity contribution in [1.82, 2.24) is 0 Å². The van der Waals surface area contributed by atoms with Crippen LogP contribution in [0.25, 0.3) is 20.2 Å². The molecule has 0 unspecified atom stereocenters. The summed E-state index contributed by atoms with van der Waals surface area (Å²) in [6.45, 7) is 0. The van der Waals surface area contributed by atoms with Gasteiger partial charge in [-0.15, -0.1) is 11.3 Å². The molecule has 2 nitrogen and oxygen atoms in total. The molecule has 3 aromatic carbocycles. The van der Waals surface area contributed by atoms with Crippen LogP contribution >= 0.6 is 11.3 Å². The Hall–Kier alpha value is -2.36. The fourth-order valence-electron chi connectivity index (χ4n) is 2.65. The quantitative estimate of drug-likeness (QED) is 0.412. The Morgan fingerprint density at radius 2 is 1.43 bits per heavy atom. The molecule has 0 aliphatic heterocycles. The zero-order valence-electron chi connectivity index (χ0n) is 11.4. The van der Waals surface area contributed by atoms with Gasteiger partial charge >= 0.3 is 0 Å². The van der Waals surface area contributed by atoms with Crippen molar-refractivity contribution >= 4 is 42.9 Å². The number of nitrogens with zero attached hydrogens (tertiary/aromatic N) is 1. The molecule has 4 rings (SSSR count). The van der Waals surface area contributed by atoms with Crippen molar-refractivity contribution in [2.45, 2.75) is 0 Å². The van der Waals surface area contributed by atoms with E-state index in [0.717, 1.165) is 11.4 Å². The molecule has 0 amide bonds. The average molecular weight is 290 g/mol. The highest BCUT2D eigenvalue weighted by Gasteiger charge is 2.12. The summed E-state index contributed by atoms with van der Waals surface area (Å²) in [5, 5.41) is 4.32. The molecule has 0 atom stereocenters. The van der Waals surface area contributed by atoms with Crippen LogP contribution < -0.4 is 10.9 Å². The van der Waals surface area contributed by atoms with Crippen LogP contribution in [0.4, 0.5) is 11.4 Å². The number of hydrogen-bond donors (Lipinski definition) is 1. The topological polar surface area (TPSA) is 29.3 Å². The number of thiophene rings is 1. The lowest BCUT2D eigenvalue weighted by Gasteiger charge is -2.19. The zero-order valence-corrected chi connectivity index (χ0v) is 12.2. The fourth-order valence-corrected chi connectivity index (χ4v) is 3.86. The number of benzene rings is 3. The molecule has 0 radical (unpaired) electrons. The first-order chi connectivity index (χ1) is 10.3. The first-order valence-corrected chi connectivity index (χ1v) is 7.66. The van der Waals surface area contributed by atoms with Gasteiger partial charge in [-0.2, -0.15) is 0 Å². The molecule has 21 heavy (non-hydrogen) atoms. The van der Waals surface area contributed by atoms with Crippen LogP contribution in [-0.4, -0.2) is 0 Å². The molecule has 1 aromatic heterocycles. The van der Waals surface area contributed by atoms with Crippen LogP contribution in [0.2, 0.25) is 0 Å². The third kappa shape index (κ3) is 1.98. The molecule has 0 saturated carbocycles. The average Bonchev–Trinajstić information content (AvgIpc) is 2.94. The predicted octanol–water partition coefficient (Wildman–Crippen LogP) is 5.07. The van der Waals surface area contributed by atoms with Crippen LogP contribution in [0.3, 0.4) is 0 Å². The normalized spacial score (nSPS) is 11.1. The molecule has 0 saturated heterocycles. The van der Waals surface area contributed by atoms with Gasteiger partial charge in [0.1, 0.15) is 0 Å². The maximum atomic E-state index is 6.34. The minimum Gasteiger partial charge on any atom is -0.278 e. The van der Waals surface area contributed by atoms with Gasteiger partial charge in [0.2, 0.25) is 0 Å². The summed E-state index contributed by atoms with van der Waals surface area (Å²) in [7, 11) is 0. The molecule has 0 spiro atoms. The summed E-state index contributed by atoms with van der Waals surface area (Å²) in [5.41, 5.74) is 2.03. The summed E-state index contributed by atoms with van der Waals surface area (Å²) < 4.78 is 2.52. The first-order valence-electron chi connectivity index (χ1n) is 6.85. The van der Waals surface area contributed by atoms with Crippen molar-refractivity contribution in [2.24, 2.45) is 5.84 Å². The molecule has 4 aromatic rings. The zero-order chi connectivity index (χ0) is 14.2. The van der Waals surface area contributed by atoms with Gasteiger partial charge in [-0.3, -0.25) is 5.01 Å². The predicted molar refractivity (Wildman–Crippen MR) is 92.1 cm³/mol. The van der Waals surface area contributed by atoms with E-state index >= 15 is 0 Å². The maximum Gasteiger partial charge on any atom is 0.0753 e. The second kappa shape index (κ2) is 4.88. The summed E-state index contributed by atoms with van der Waals surface area (Å²) in [4.78, 5) is 0. The van der Waals surface area contributed by atoms with Gasteiger partial charge in [0, 0.05) is 15.5 Å². The van der Waals surface area contributed by atoms with Gasteiger partial charge in [0.15, 0.2) is 0 Å². The molecule has 2 N–H and O–H groups in total.